The Kier molecular flexibility index (Phi) is 2.25. The summed E-state index contributed by atoms with van der Waals surface area (Å²) in [5.74, 6) is 0.583. The predicted octanol–water partition coefficient (Wildman–Crippen LogP) is 2.72. The number of nitrogens with two attached hydrogens (primary N) is 1. The lowest BCUT2D eigenvalue weighted by Crippen LogP contribution is -1.91. The Morgan fingerprint density at radius 1 is 1.07 bits per heavy atom. The Morgan fingerprint density at radius 3 is 2.73 bits per heavy atom. The van der Waals surface area contributed by atoms with Crippen LogP contribution in [0.3, 0.4) is 0 Å². The maximum Gasteiger partial charge on any atom is 0.133 e. The molecule has 0 atom stereocenters. The van der Waals surface area contributed by atoms with Gasteiger partial charge in [-0.05, 0) is 12.1 Å². The molecule has 0 saturated heterocycles. The van der Waals surface area contributed by atoms with E-state index in [-0.39, 0.29) is 12.4 Å². The quantitative estimate of drug-likeness (QED) is 0.611. The predicted molar refractivity (Wildman–Crippen MR) is 65.3 cm³/mol. The summed E-state index contributed by atoms with van der Waals surface area (Å²) in [7, 11) is 0. The lowest BCUT2D eigenvalue weighted by molar-refractivity contribution is 1.43. The number of nitrogen functional groups attached to an aromatic ring is 1. The molecule has 15 heavy (non-hydrogen) atoms. The Morgan fingerprint density at radius 2 is 1.87 bits per heavy atom. The first-order valence-corrected chi connectivity index (χ1v) is 4.47. The van der Waals surface area contributed by atoms with Crippen LogP contribution in [0.1, 0.15) is 0 Å². The number of para-hydroxylation sites is 1. The van der Waals surface area contributed by atoms with Crippen LogP contribution in [0.25, 0.3) is 21.8 Å². The van der Waals surface area contributed by atoms with E-state index in [2.05, 4.69) is 9.97 Å². The molecule has 0 aliphatic rings. The van der Waals surface area contributed by atoms with Gasteiger partial charge in [0.25, 0.3) is 0 Å². The fourth-order valence-corrected chi connectivity index (χ4v) is 1.78. The number of aromatic amines is 1. The number of anilines is 1. The molecule has 0 aliphatic carbocycles. The lowest BCUT2D eigenvalue weighted by Gasteiger charge is -2.01. The topological polar surface area (TPSA) is 54.7 Å². The van der Waals surface area contributed by atoms with Crippen molar-refractivity contribution in [2.75, 3.05) is 5.73 Å². The van der Waals surface area contributed by atoms with Gasteiger partial charge >= 0.3 is 0 Å². The van der Waals surface area contributed by atoms with Crippen molar-refractivity contribution in [2.45, 2.75) is 0 Å². The third kappa shape index (κ3) is 1.32. The number of fused-ring (bicyclic) bond motifs is 3. The number of nitrogens with one attached hydrogen (secondary N) is 1. The van der Waals surface area contributed by atoms with Crippen molar-refractivity contribution in [1.82, 2.24) is 9.97 Å². The SMILES string of the molecule is Cl.Nc1nc2ccccc2c2[nH]ccc12. The Labute approximate surface area is 92.7 Å². The number of aromatic nitrogens is 2. The molecule has 0 spiro atoms. The van der Waals surface area contributed by atoms with E-state index in [1.807, 2.05) is 36.5 Å². The number of hydrogen-bond acceptors (Lipinski definition) is 2. The minimum atomic E-state index is 0. The van der Waals surface area contributed by atoms with Crippen molar-refractivity contribution in [2.24, 2.45) is 0 Å². The zero-order valence-electron chi connectivity index (χ0n) is 7.90. The van der Waals surface area contributed by atoms with E-state index in [1.54, 1.807) is 0 Å². The summed E-state index contributed by atoms with van der Waals surface area (Å²) in [5, 5.41) is 2.10. The van der Waals surface area contributed by atoms with E-state index < -0.39 is 0 Å². The molecular formula is C11H10ClN3. The smallest absolute Gasteiger partial charge is 0.133 e. The number of rotatable bonds is 0. The van der Waals surface area contributed by atoms with Crippen LogP contribution in [-0.4, -0.2) is 9.97 Å². The standard InChI is InChI=1S/C11H9N3.ClH/c12-11-8-5-6-13-10(8)7-3-1-2-4-9(7)14-11;/h1-6,13H,(H2,12,14);1H. The highest BCUT2D eigenvalue weighted by Gasteiger charge is 2.05. The fourth-order valence-electron chi connectivity index (χ4n) is 1.78. The van der Waals surface area contributed by atoms with Crippen molar-refractivity contribution in [3.05, 3.63) is 36.5 Å². The summed E-state index contributed by atoms with van der Waals surface area (Å²) in [6, 6.07) is 9.92. The largest absolute Gasteiger partial charge is 0.383 e. The molecular weight excluding hydrogens is 210 g/mol. The highest BCUT2D eigenvalue weighted by molar-refractivity contribution is 6.07. The second-order valence-electron chi connectivity index (χ2n) is 3.28. The van der Waals surface area contributed by atoms with Gasteiger partial charge in [-0.2, -0.15) is 0 Å². The number of hydrogen-bond donors (Lipinski definition) is 2. The van der Waals surface area contributed by atoms with E-state index in [0.717, 1.165) is 21.8 Å². The van der Waals surface area contributed by atoms with Gasteiger partial charge in [0, 0.05) is 17.0 Å². The van der Waals surface area contributed by atoms with Gasteiger partial charge in [0.15, 0.2) is 0 Å². The maximum absolute atomic E-state index is 5.84. The minimum absolute atomic E-state index is 0. The van der Waals surface area contributed by atoms with Gasteiger partial charge in [0.1, 0.15) is 5.82 Å². The monoisotopic (exact) mass is 219 g/mol. The third-order valence-electron chi connectivity index (χ3n) is 2.44. The summed E-state index contributed by atoms with van der Waals surface area (Å²) >= 11 is 0. The second-order valence-corrected chi connectivity index (χ2v) is 3.28. The summed E-state index contributed by atoms with van der Waals surface area (Å²) in [6.45, 7) is 0. The molecule has 0 bridgehead atoms. The van der Waals surface area contributed by atoms with E-state index in [0.29, 0.717) is 5.82 Å². The van der Waals surface area contributed by atoms with Crippen LogP contribution in [-0.2, 0) is 0 Å². The molecule has 4 heteroatoms. The first-order valence-electron chi connectivity index (χ1n) is 4.47. The van der Waals surface area contributed by atoms with Gasteiger partial charge < -0.3 is 10.7 Å². The molecule has 3 rings (SSSR count). The van der Waals surface area contributed by atoms with Gasteiger partial charge in [-0.15, -0.1) is 12.4 Å². The zero-order valence-corrected chi connectivity index (χ0v) is 8.71. The van der Waals surface area contributed by atoms with Crippen LogP contribution in [0.15, 0.2) is 36.5 Å². The maximum atomic E-state index is 5.84. The first kappa shape index (κ1) is 9.80. The van der Waals surface area contributed by atoms with Gasteiger partial charge in [-0.3, -0.25) is 0 Å². The second kappa shape index (κ2) is 3.44. The van der Waals surface area contributed by atoms with Crippen LogP contribution >= 0.6 is 12.4 Å². The van der Waals surface area contributed by atoms with Crippen LogP contribution in [0.5, 0.6) is 0 Å². The number of H-pyrrole nitrogens is 1. The Bertz CT molecular complexity index is 615. The summed E-state index contributed by atoms with van der Waals surface area (Å²) in [6.07, 6.45) is 1.88. The number of pyridine rings is 1. The van der Waals surface area contributed by atoms with Gasteiger partial charge in [0.05, 0.1) is 11.0 Å². The van der Waals surface area contributed by atoms with E-state index in [9.17, 15) is 0 Å². The third-order valence-corrected chi connectivity index (χ3v) is 2.44. The van der Waals surface area contributed by atoms with Crippen molar-refractivity contribution >= 4 is 40.0 Å². The van der Waals surface area contributed by atoms with Gasteiger partial charge in [-0.25, -0.2) is 4.98 Å². The average molecular weight is 220 g/mol. The summed E-state index contributed by atoms with van der Waals surface area (Å²) in [4.78, 5) is 7.52. The molecule has 0 radical (unpaired) electrons. The van der Waals surface area contributed by atoms with Gasteiger partial charge in [0.2, 0.25) is 0 Å². The fraction of sp³-hybridized carbons (Fsp3) is 0. The molecule has 0 fully saturated rings. The number of nitrogens with zero attached hydrogens (tertiary/aromatic N) is 1. The Balaban J connectivity index is 0.000000853. The number of halogens is 1. The minimum Gasteiger partial charge on any atom is -0.383 e. The van der Waals surface area contributed by atoms with E-state index >= 15 is 0 Å². The van der Waals surface area contributed by atoms with Crippen LogP contribution < -0.4 is 5.73 Å². The highest BCUT2D eigenvalue weighted by atomic mass is 35.5. The van der Waals surface area contributed by atoms with Crippen LogP contribution in [0.2, 0.25) is 0 Å². The molecule has 76 valence electrons. The summed E-state index contributed by atoms with van der Waals surface area (Å²) in [5.41, 5.74) is 7.83. The normalized spacial score (nSPS) is 10.4. The van der Waals surface area contributed by atoms with E-state index in [1.165, 1.54) is 0 Å². The Hall–Kier alpha value is -1.74. The molecule has 2 heterocycles. The highest BCUT2D eigenvalue weighted by Crippen LogP contribution is 2.25. The van der Waals surface area contributed by atoms with E-state index in [4.69, 9.17) is 5.73 Å². The van der Waals surface area contributed by atoms with Gasteiger partial charge in [-0.1, -0.05) is 18.2 Å². The van der Waals surface area contributed by atoms with Crippen molar-refractivity contribution in [3.63, 3.8) is 0 Å². The molecule has 3 nitrogen and oxygen atoms in total. The number of benzene rings is 1. The molecule has 0 saturated carbocycles. The first-order chi connectivity index (χ1) is 6.86. The molecule has 0 unspecified atom stereocenters. The molecule has 3 N–H and O–H groups in total. The molecule has 3 aromatic rings. The van der Waals surface area contributed by atoms with Crippen molar-refractivity contribution < 1.29 is 0 Å². The van der Waals surface area contributed by atoms with Crippen LogP contribution in [0, 0.1) is 0 Å². The molecule has 0 aliphatic heterocycles. The lowest BCUT2D eigenvalue weighted by atomic mass is 10.1. The van der Waals surface area contributed by atoms with Crippen molar-refractivity contribution in [3.8, 4) is 0 Å². The average Bonchev–Trinajstić information content (AvgIpc) is 2.67. The van der Waals surface area contributed by atoms with Crippen molar-refractivity contribution in [1.29, 1.82) is 0 Å². The van der Waals surface area contributed by atoms with Crippen LogP contribution in [0.4, 0.5) is 5.82 Å². The molecule has 2 aromatic heterocycles. The molecule has 0 amide bonds. The summed E-state index contributed by atoms with van der Waals surface area (Å²) < 4.78 is 0. The molecule has 1 aromatic carbocycles. The zero-order chi connectivity index (χ0) is 9.54.